The fourth-order valence-corrected chi connectivity index (χ4v) is 1.59. The summed E-state index contributed by atoms with van der Waals surface area (Å²) in [6.07, 6.45) is 2.71. The summed E-state index contributed by atoms with van der Waals surface area (Å²) in [5.74, 6) is -6.81. The SMILES string of the molecule is NCCc1ccc(N=C(N)c2ccc[nH]2)cc1.O=C(O)C(=O)O.O=C(O)C(=O)O. The van der Waals surface area contributed by atoms with Gasteiger partial charge in [0.1, 0.15) is 5.84 Å². The predicted octanol–water partition coefficient (Wildman–Crippen LogP) is -0.136. The highest BCUT2D eigenvalue weighted by molar-refractivity contribution is 6.27. The van der Waals surface area contributed by atoms with E-state index in [1.54, 1.807) is 0 Å². The van der Waals surface area contributed by atoms with Crippen molar-refractivity contribution in [2.75, 3.05) is 6.54 Å². The number of carbonyl (C=O) groups is 4. The Bertz CT molecular complexity index is 797. The molecular weight excluding hydrogens is 388 g/mol. The van der Waals surface area contributed by atoms with Crippen LogP contribution in [0.3, 0.4) is 0 Å². The molecule has 0 aliphatic rings. The standard InChI is InChI=1S/C13H16N4.2C2H2O4/c14-8-7-10-3-5-11(6-4-10)17-13(15)12-2-1-9-16-12;2*3-1(4)2(5)6/h1-6,9,16H,7-8,14H2,(H2,15,17);2*(H,3,4)(H,5,6). The Morgan fingerprint density at radius 2 is 1.34 bits per heavy atom. The van der Waals surface area contributed by atoms with Crippen molar-refractivity contribution in [3.8, 4) is 0 Å². The highest BCUT2D eigenvalue weighted by Gasteiger charge is 2.04. The van der Waals surface area contributed by atoms with Crippen LogP contribution in [0.1, 0.15) is 11.3 Å². The number of amidine groups is 1. The van der Waals surface area contributed by atoms with E-state index in [0.717, 1.165) is 17.8 Å². The van der Waals surface area contributed by atoms with Gasteiger partial charge in [0.2, 0.25) is 0 Å². The molecule has 0 unspecified atom stereocenters. The maximum Gasteiger partial charge on any atom is 0.414 e. The van der Waals surface area contributed by atoms with Crippen LogP contribution in [0.25, 0.3) is 0 Å². The monoisotopic (exact) mass is 408 g/mol. The molecule has 0 aliphatic carbocycles. The van der Waals surface area contributed by atoms with E-state index in [1.807, 2.05) is 42.6 Å². The van der Waals surface area contributed by atoms with Crippen molar-refractivity contribution >= 4 is 35.4 Å². The van der Waals surface area contributed by atoms with Crippen LogP contribution in [0.15, 0.2) is 47.6 Å². The highest BCUT2D eigenvalue weighted by Crippen LogP contribution is 2.14. The third kappa shape index (κ3) is 11.2. The minimum absolute atomic E-state index is 0.488. The van der Waals surface area contributed by atoms with E-state index in [9.17, 15) is 0 Å². The number of aromatic amines is 1. The minimum Gasteiger partial charge on any atom is -0.473 e. The van der Waals surface area contributed by atoms with E-state index in [0.29, 0.717) is 12.4 Å². The second-order valence-corrected chi connectivity index (χ2v) is 5.01. The van der Waals surface area contributed by atoms with E-state index in [-0.39, 0.29) is 0 Å². The lowest BCUT2D eigenvalue weighted by atomic mass is 10.1. The van der Waals surface area contributed by atoms with Crippen LogP contribution >= 0.6 is 0 Å². The van der Waals surface area contributed by atoms with Crippen molar-refractivity contribution in [2.45, 2.75) is 6.42 Å². The van der Waals surface area contributed by atoms with Gasteiger partial charge in [-0.1, -0.05) is 12.1 Å². The zero-order valence-electron chi connectivity index (χ0n) is 15.0. The van der Waals surface area contributed by atoms with E-state index >= 15 is 0 Å². The van der Waals surface area contributed by atoms with Crippen LogP contribution < -0.4 is 11.5 Å². The van der Waals surface area contributed by atoms with Crippen molar-refractivity contribution in [2.24, 2.45) is 16.5 Å². The molecule has 0 amide bonds. The zero-order chi connectivity index (χ0) is 22.4. The van der Waals surface area contributed by atoms with Gasteiger partial charge in [-0.3, -0.25) is 0 Å². The number of nitrogens with one attached hydrogen (secondary N) is 1. The molecule has 12 heteroatoms. The van der Waals surface area contributed by atoms with E-state index in [1.165, 1.54) is 5.56 Å². The average Bonchev–Trinajstić information content (AvgIpc) is 3.19. The zero-order valence-corrected chi connectivity index (χ0v) is 15.0. The van der Waals surface area contributed by atoms with Crippen LogP contribution in [-0.4, -0.2) is 61.7 Å². The molecule has 0 radical (unpaired) electrons. The molecule has 0 saturated heterocycles. The van der Waals surface area contributed by atoms with Crippen molar-refractivity contribution in [3.05, 3.63) is 53.9 Å². The number of rotatable bonds is 4. The Morgan fingerprint density at radius 1 is 0.862 bits per heavy atom. The number of aliphatic imine (C=N–C) groups is 1. The molecule has 1 heterocycles. The second-order valence-electron chi connectivity index (χ2n) is 5.01. The molecule has 0 bridgehead atoms. The predicted molar refractivity (Wildman–Crippen MR) is 101 cm³/mol. The van der Waals surface area contributed by atoms with Crippen LogP contribution in [0, 0.1) is 0 Å². The highest BCUT2D eigenvalue weighted by atomic mass is 16.4. The summed E-state index contributed by atoms with van der Waals surface area (Å²) < 4.78 is 0. The lowest BCUT2D eigenvalue weighted by Gasteiger charge is -2.01. The first-order chi connectivity index (χ1) is 13.6. The fourth-order valence-electron chi connectivity index (χ4n) is 1.59. The number of hydrogen-bond donors (Lipinski definition) is 7. The van der Waals surface area contributed by atoms with Crippen LogP contribution in [0.5, 0.6) is 0 Å². The Hall–Kier alpha value is -4.19. The van der Waals surface area contributed by atoms with Gasteiger partial charge in [0.15, 0.2) is 0 Å². The topological polar surface area (TPSA) is 229 Å². The minimum atomic E-state index is -1.82. The fraction of sp³-hybridized carbons (Fsp3) is 0.118. The Morgan fingerprint density at radius 3 is 1.69 bits per heavy atom. The van der Waals surface area contributed by atoms with Gasteiger partial charge in [-0.2, -0.15) is 0 Å². The number of H-pyrrole nitrogens is 1. The quantitative estimate of drug-likeness (QED) is 0.201. The van der Waals surface area contributed by atoms with Gasteiger partial charge in [-0.05, 0) is 42.8 Å². The molecule has 0 spiro atoms. The molecule has 1 aromatic carbocycles. The number of benzene rings is 1. The maximum atomic E-state index is 9.10. The van der Waals surface area contributed by atoms with Crippen LogP contribution in [0.4, 0.5) is 5.69 Å². The van der Waals surface area contributed by atoms with Crippen molar-refractivity contribution in [1.29, 1.82) is 0 Å². The first kappa shape index (κ1) is 24.8. The Labute approximate surface area is 164 Å². The molecule has 0 aliphatic heterocycles. The number of hydrogen-bond acceptors (Lipinski definition) is 6. The van der Waals surface area contributed by atoms with Crippen molar-refractivity contribution in [1.82, 2.24) is 4.98 Å². The lowest BCUT2D eigenvalue weighted by molar-refractivity contribution is -0.159. The van der Waals surface area contributed by atoms with E-state index < -0.39 is 23.9 Å². The second kappa shape index (κ2) is 13.1. The molecular formula is C17H20N4O8. The third-order valence-electron chi connectivity index (χ3n) is 2.86. The van der Waals surface area contributed by atoms with Gasteiger partial charge >= 0.3 is 23.9 Å². The number of aliphatic carboxylic acids is 4. The molecule has 2 aromatic rings. The summed E-state index contributed by atoms with van der Waals surface area (Å²) in [6.45, 7) is 0.660. The van der Waals surface area contributed by atoms with Gasteiger partial charge in [-0.25, -0.2) is 24.2 Å². The van der Waals surface area contributed by atoms with Gasteiger partial charge in [0.25, 0.3) is 0 Å². The van der Waals surface area contributed by atoms with Crippen molar-refractivity contribution in [3.63, 3.8) is 0 Å². The summed E-state index contributed by atoms with van der Waals surface area (Å²) >= 11 is 0. The molecule has 29 heavy (non-hydrogen) atoms. The molecule has 12 nitrogen and oxygen atoms in total. The van der Waals surface area contributed by atoms with Gasteiger partial charge in [0, 0.05) is 6.20 Å². The summed E-state index contributed by atoms with van der Waals surface area (Å²) in [4.78, 5) is 43.7. The molecule has 0 fully saturated rings. The first-order valence-corrected chi connectivity index (χ1v) is 7.77. The number of aromatic nitrogens is 1. The number of carboxylic acid groups (broad SMARTS) is 4. The van der Waals surface area contributed by atoms with E-state index in [4.69, 9.17) is 51.1 Å². The van der Waals surface area contributed by atoms with Gasteiger partial charge < -0.3 is 36.9 Å². The Kier molecular flexibility index (Phi) is 11.2. The largest absolute Gasteiger partial charge is 0.473 e. The first-order valence-electron chi connectivity index (χ1n) is 7.77. The smallest absolute Gasteiger partial charge is 0.414 e. The van der Waals surface area contributed by atoms with E-state index in [2.05, 4.69) is 9.98 Å². The number of carboxylic acids is 4. The van der Waals surface area contributed by atoms with Crippen LogP contribution in [0.2, 0.25) is 0 Å². The van der Waals surface area contributed by atoms with Gasteiger partial charge in [0.05, 0.1) is 11.4 Å². The average molecular weight is 408 g/mol. The summed E-state index contributed by atoms with van der Waals surface area (Å²) in [5.41, 5.74) is 14.2. The third-order valence-corrected chi connectivity index (χ3v) is 2.86. The normalized spacial score (nSPS) is 9.90. The maximum absolute atomic E-state index is 9.10. The molecule has 156 valence electrons. The molecule has 0 saturated carbocycles. The summed E-state index contributed by atoms with van der Waals surface area (Å²) in [7, 11) is 0. The number of nitrogens with zero attached hydrogens (tertiary/aromatic N) is 1. The Balaban J connectivity index is 0.000000542. The molecule has 2 rings (SSSR count). The molecule has 0 atom stereocenters. The number of nitrogens with two attached hydrogens (primary N) is 2. The van der Waals surface area contributed by atoms with Crippen molar-refractivity contribution < 1.29 is 39.6 Å². The van der Waals surface area contributed by atoms with Gasteiger partial charge in [-0.15, -0.1) is 0 Å². The van der Waals surface area contributed by atoms with Crippen LogP contribution in [-0.2, 0) is 25.6 Å². The summed E-state index contributed by atoms with van der Waals surface area (Å²) in [5, 5.41) is 29.6. The molecule has 9 N–H and O–H groups in total. The molecule has 1 aromatic heterocycles. The lowest BCUT2D eigenvalue weighted by Crippen LogP contribution is -2.12. The summed E-state index contributed by atoms with van der Waals surface area (Å²) in [6, 6.07) is 11.7.